The molecular formula is C15H17FO2. The maximum atomic E-state index is 13.9. The fourth-order valence-electron chi connectivity index (χ4n) is 2.25. The number of ketones is 1. The summed E-state index contributed by atoms with van der Waals surface area (Å²) in [6, 6.07) is 4.68. The third kappa shape index (κ3) is 2.78. The standard InChI is InChI=1S/C15H17FO2/c1-18-14-9-5-8-12(15(14)16)13(17)10-11-6-3-2-4-7-11/h5-6,8-9H,2-4,7,10H2,1H3. The Labute approximate surface area is 106 Å². The average molecular weight is 248 g/mol. The van der Waals surface area contributed by atoms with Crippen molar-refractivity contribution < 1.29 is 13.9 Å². The Morgan fingerprint density at radius 3 is 2.89 bits per heavy atom. The van der Waals surface area contributed by atoms with Crippen molar-refractivity contribution in [3.8, 4) is 5.75 Å². The molecule has 0 radical (unpaired) electrons. The van der Waals surface area contributed by atoms with Crippen molar-refractivity contribution in [2.45, 2.75) is 32.1 Å². The third-order valence-electron chi connectivity index (χ3n) is 3.26. The van der Waals surface area contributed by atoms with Crippen molar-refractivity contribution in [3.05, 3.63) is 41.2 Å². The highest BCUT2D eigenvalue weighted by Crippen LogP contribution is 2.25. The molecule has 1 aromatic carbocycles. The maximum absolute atomic E-state index is 13.9. The minimum absolute atomic E-state index is 0.124. The second-order valence-electron chi connectivity index (χ2n) is 4.53. The van der Waals surface area contributed by atoms with E-state index in [1.165, 1.54) is 25.7 Å². The Kier molecular flexibility index (Phi) is 4.13. The highest BCUT2D eigenvalue weighted by Gasteiger charge is 2.17. The van der Waals surface area contributed by atoms with Crippen molar-refractivity contribution >= 4 is 5.78 Å². The second kappa shape index (κ2) is 5.80. The van der Waals surface area contributed by atoms with Crippen LogP contribution in [0, 0.1) is 5.82 Å². The van der Waals surface area contributed by atoms with Gasteiger partial charge in [-0.25, -0.2) is 4.39 Å². The Morgan fingerprint density at radius 2 is 2.22 bits per heavy atom. The van der Waals surface area contributed by atoms with Gasteiger partial charge in [-0.05, 0) is 37.8 Å². The van der Waals surface area contributed by atoms with Crippen LogP contribution < -0.4 is 4.74 Å². The lowest BCUT2D eigenvalue weighted by atomic mass is 9.93. The van der Waals surface area contributed by atoms with Gasteiger partial charge in [0.2, 0.25) is 0 Å². The summed E-state index contributed by atoms with van der Waals surface area (Å²) < 4.78 is 18.8. The van der Waals surface area contributed by atoms with Gasteiger partial charge in [-0.1, -0.05) is 17.7 Å². The number of halogens is 1. The van der Waals surface area contributed by atoms with E-state index in [1.54, 1.807) is 6.07 Å². The molecule has 96 valence electrons. The van der Waals surface area contributed by atoms with Crippen LogP contribution in [-0.4, -0.2) is 12.9 Å². The minimum atomic E-state index is -0.554. The summed E-state index contributed by atoms with van der Waals surface area (Å²) in [7, 11) is 1.40. The summed E-state index contributed by atoms with van der Waals surface area (Å²) in [4.78, 5) is 12.1. The Hall–Kier alpha value is -1.64. The van der Waals surface area contributed by atoms with Crippen LogP contribution in [0.3, 0.4) is 0 Å². The highest BCUT2D eigenvalue weighted by atomic mass is 19.1. The maximum Gasteiger partial charge on any atom is 0.175 e. The summed E-state index contributed by atoms with van der Waals surface area (Å²) in [6.45, 7) is 0. The lowest BCUT2D eigenvalue weighted by Crippen LogP contribution is -2.06. The minimum Gasteiger partial charge on any atom is -0.494 e. The zero-order valence-corrected chi connectivity index (χ0v) is 10.5. The SMILES string of the molecule is COc1cccc(C(=O)CC2=CCCCC2)c1F. The van der Waals surface area contributed by atoms with Crippen LogP contribution >= 0.6 is 0 Å². The van der Waals surface area contributed by atoms with Crippen LogP contribution in [0.1, 0.15) is 42.5 Å². The van der Waals surface area contributed by atoms with Gasteiger partial charge < -0.3 is 4.74 Å². The van der Waals surface area contributed by atoms with Crippen molar-refractivity contribution in [1.29, 1.82) is 0 Å². The Morgan fingerprint density at radius 1 is 1.39 bits per heavy atom. The molecule has 0 aliphatic heterocycles. The van der Waals surface area contributed by atoms with Crippen LogP contribution in [-0.2, 0) is 0 Å². The lowest BCUT2D eigenvalue weighted by molar-refractivity contribution is 0.0987. The third-order valence-corrected chi connectivity index (χ3v) is 3.26. The molecule has 0 bridgehead atoms. The van der Waals surface area contributed by atoms with Gasteiger partial charge in [-0.3, -0.25) is 4.79 Å². The van der Waals surface area contributed by atoms with Crippen molar-refractivity contribution in [3.63, 3.8) is 0 Å². The van der Waals surface area contributed by atoms with Crippen molar-refractivity contribution in [2.75, 3.05) is 7.11 Å². The number of allylic oxidation sites excluding steroid dienone is 2. The first-order valence-corrected chi connectivity index (χ1v) is 6.26. The van der Waals surface area contributed by atoms with E-state index in [0.717, 1.165) is 24.8 Å². The van der Waals surface area contributed by atoms with E-state index in [0.29, 0.717) is 6.42 Å². The van der Waals surface area contributed by atoms with Gasteiger partial charge in [0.15, 0.2) is 17.3 Å². The molecule has 0 N–H and O–H groups in total. The molecule has 0 fully saturated rings. The molecule has 0 amide bonds. The van der Waals surface area contributed by atoms with Crippen LogP contribution in [0.2, 0.25) is 0 Å². The van der Waals surface area contributed by atoms with Gasteiger partial charge in [0.25, 0.3) is 0 Å². The quantitative estimate of drug-likeness (QED) is 0.596. The van der Waals surface area contributed by atoms with E-state index in [1.807, 2.05) is 0 Å². The number of hydrogen-bond donors (Lipinski definition) is 0. The van der Waals surface area contributed by atoms with Gasteiger partial charge in [-0.2, -0.15) is 0 Å². The zero-order chi connectivity index (χ0) is 13.0. The molecule has 0 saturated heterocycles. The van der Waals surface area contributed by atoms with Crippen LogP contribution in [0.15, 0.2) is 29.8 Å². The summed E-state index contributed by atoms with van der Waals surface area (Å²) in [5, 5.41) is 0. The normalized spacial score (nSPS) is 15.1. The number of benzene rings is 1. The molecule has 2 nitrogen and oxygen atoms in total. The van der Waals surface area contributed by atoms with Crippen LogP contribution in [0.4, 0.5) is 4.39 Å². The fraction of sp³-hybridized carbons (Fsp3) is 0.400. The van der Waals surface area contributed by atoms with E-state index in [9.17, 15) is 9.18 Å². The summed E-state index contributed by atoms with van der Waals surface area (Å²) >= 11 is 0. The molecule has 0 saturated carbocycles. The van der Waals surface area contributed by atoms with Gasteiger partial charge in [0.1, 0.15) is 0 Å². The molecular weight excluding hydrogens is 231 g/mol. The zero-order valence-electron chi connectivity index (χ0n) is 10.5. The molecule has 0 aromatic heterocycles. The summed E-state index contributed by atoms with van der Waals surface area (Å²) in [5.74, 6) is -0.598. The largest absolute Gasteiger partial charge is 0.494 e. The highest BCUT2D eigenvalue weighted by molar-refractivity contribution is 5.98. The molecule has 0 heterocycles. The Bertz CT molecular complexity index is 477. The van der Waals surface area contributed by atoms with E-state index in [2.05, 4.69) is 6.08 Å². The number of ether oxygens (including phenoxy) is 1. The van der Waals surface area contributed by atoms with E-state index in [4.69, 9.17) is 4.74 Å². The van der Waals surface area contributed by atoms with E-state index >= 15 is 0 Å². The first kappa shape index (κ1) is 12.8. The monoisotopic (exact) mass is 248 g/mol. The molecule has 2 rings (SSSR count). The molecule has 0 atom stereocenters. The average Bonchev–Trinajstić information content (AvgIpc) is 2.40. The van der Waals surface area contributed by atoms with E-state index in [-0.39, 0.29) is 17.1 Å². The van der Waals surface area contributed by atoms with E-state index < -0.39 is 5.82 Å². The first-order chi connectivity index (χ1) is 8.72. The van der Waals surface area contributed by atoms with Gasteiger partial charge in [-0.15, -0.1) is 0 Å². The number of carbonyl (C=O) groups is 1. The summed E-state index contributed by atoms with van der Waals surface area (Å²) in [6.07, 6.45) is 6.73. The predicted molar refractivity (Wildman–Crippen MR) is 68.5 cm³/mol. The van der Waals surface area contributed by atoms with Crippen LogP contribution in [0.5, 0.6) is 5.75 Å². The lowest BCUT2D eigenvalue weighted by Gasteiger charge is -2.12. The number of carbonyl (C=O) groups excluding carboxylic acids is 1. The van der Waals surface area contributed by atoms with Gasteiger partial charge in [0, 0.05) is 6.42 Å². The molecule has 3 heteroatoms. The number of Topliss-reactive ketones (excluding diaryl/α,β-unsaturated/α-hetero) is 1. The predicted octanol–water partition coefficient (Wildman–Crippen LogP) is 3.91. The smallest absolute Gasteiger partial charge is 0.175 e. The van der Waals surface area contributed by atoms with Crippen molar-refractivity contribution in [1.82, 2.24) is 0 Å². The molecule has 0 unspecified atom stereocenters. The number of rotatable bonds is 4. The molecule has 1 aliphatic rings. The summed E-state index contributed by atoms with van der Waals surface area (Å²) in [5.41, 5.74) is 1.26. The van der Waals surface area contributed by atoms with Crippen molar-refractivity contribution in [2.24, 2.45) is 0 Å². The Balaban J connectivity index is 2.16. The fourth-order valence-corrected chi connectivity index (χ4v) is 2.25. The molecule has 0 spiro atoms. The van der Waals surface area contributed by atoms with Crippen LogP contribution in [0.25, 0.3) is 0 Å². The second-order valence-corrected chi connectivity index (χ2v) is 4.53. The molecule has 18 heavy (non-hydrogen) atoms. The first-order valence-electron chi connectivity index (χ1n) is 6.26. The molecule has 1 aromatic rings. The number of hydrogen-bond acceptors (Lipinski definition) is 2. The number of methoxy groups -OCH3 is 1. The van der Waals surface area contributed by atoms with Gasteiger partial charge >= 0.3 is 0 Å². The topological polar surface area (TPSA) is 26.3 Å². The van der Waals surface area contributed by atoms with Gasteiger partial charge in [0.05, 0.1) is 12.7 Å². The molecule has 1 aliphatic carbocycles.